The molecule has 0 radical (unpaired) electrons. The number of fused-ring (bicyclic) bond motifs is 1. The molecule has 8 heteroatoms. The van der Waals surface area contributed by atoms with Gasteiger partial charge in [-0.25, -0.2) is 4.79 Å². The molecule has 8 nitrogen and oxygen atoms in total. The standard InChI is InChI=1S/C19H24N4O4/c1-3-27-19(26)23-10-8-22(9-11-23)18(25)13(2)20-17(24)16-12-14-6-4-5-7-15(14)21-16/h4-7,12-13,21H,3,8-11H2,1-2H3,(H,20,24). The van der Waals surface area contributed by atoms with Crippen LogP contribution < -0.4 is 5.32 Å². The lowest BCUT2D eigenvalue weighted by Gasteiger charge is -2.35. The molecule has 1 saturated heterocycles. The molecule has 2 aromatic rings. The van der Waals surface area contributed by atoms with Gasteiger partial charge in [0.15, 0.2) is 0 Å². The summed E-state index contributed by atoms with van der Waals surface area (Å²) in [6.07, 6.45) is -0.357. The van der Waals surface area contributed by atoms with Crippen LogP contribution in [0.25, 0.3) is 10.9 Å². The summed E-state index contributed by atoms with van der Waals surface area (Å²) in [5.41, 5.74) is 1.29. The number of amides is 3. The van der Waals surface area contributed by atoms with Crippen molar-refractivity contribution in [2.24, 2.45) is 0 Å². The Labute approximate surface area is 157 Å². The van der Waals surface area contributed by atoms with Crippen LogP contribution in [-0.4, -0.2) is 71.5 Å². The number of hydrogen-bond acceptors (Lipinski definition) is 4. The van der Waals surface area contributed by atoms with Crippen molar-refractivity contribution in [3.05, 3.63) is 36.0 Å². The van der Waals surface area contributed by atoms with E-state index in [2.05, 4.69) is 10.3 Å². The summed E-state index contributed by atoms with van der Waals surface area (Å²) in [4.78, 5) is 43.1. The fraction of sp³-hybridized carbons (Fsp3) is 0.421. The van der Waals surface area contributed by atoms with Gasteiger partial charge < -0.3 is 24.8 Å². The number of ether oxygens (including phenoxy) is 1. The minimum Gasteiger partial charge on any atom is -0.450 e. The van der Waals surface area contributed by atoms with E-state index in [-0.39, 0.29) is 17.9 Å². The van der Waals surface area contributed by atoms with Crippen molar-refractivity contribution in [2.75, 3.05) is 32.8 Å². The van der Waals surface area contributed by atoms with Crippen molar-refractivity contribution >= 4 is 28.8 Å². The quantitative estimate of drug-likeness (QED) is 0.852. The molecule has 144 valence electrons. The second-order valence-electron chi connectivity index (χ2n) is 6.48. The maximum absolute atomic E-state index is 12.6. The van der Waals surface area contributed by atoms with Gasteiger partial charge in [0.2, 0.25) is 5.91 Å². The third kappa shape index (κ3) is 4.21. The molecule has 1 unspecified atom stereocenters. The maximum Gasteiger partial charge on any atom is 0.409 e. The molecule has 3 rings (SSSR count). The summed E-state index contributed by atoms with van der Waals surface area (Å²) >= 11 is 0. The Hall–Kier alpha value is -3.03. The van der Waals surface area contributed by atoms with E-state index in [0.29, 0.717) is 38.5 Å². The van der Waals surface area contributed by atoms with E-state index in [4.69, 9.17) is 4.74 Å². The summed E-state index contributed by atoms with van der Waals surface area (Å²) in [7, 11) is 0. The maximum atomic E-state index is 12.6. The zero-order chi connectivity index (χ0) is 19.4. The van der Waals surface area contributed by atoms with Gasteiger partial charge in [-0.1, -0.05) is 18.2 Å². The van der Waals surface area contributed by atoms with Crippen LogP contribution in [0.4, 0.5) is 4.79 Å². The van der Waals surface area contributed by atoms with Gasteiger partial charge in [-0.3, -0.25) is 9.59 Å². The van der Waals surface area contributed by atoms with Gasteiger partial charge in [0.1, 0.15) is 11.7 Å². The predicted molar refractivity (Wildman–Crippen MR) is 100 cm³/mol. The Bertz CT molecular complexity index is 806. The van der Waals surface area contributed by atoms with Crippen molar-refractivity contribution < 1.29 is 19.1 Å². The van der Waals surface area contributed by atoms with E-state index in [1.807, 2.05) is 24.3 Å². The molecule has 0 spiro atoms. The number of carbonyl (C=O) groups excluding carboxylic acids is 3. The number of nitrogens with one attached hydrogen (secondary N) is 2. The number of benzene rings is 1. The lowest BCUT2D eigenvalue weighted by Crippen LogP contribution is -2.55. The van der Waals surface area contributed by atoms with Crippen molar-refractivity contribution in [3.8, 4) is 0 Å². The van der Waals surface area contributed by atoms with E-state index in [0.717, 1.165) is 10.9 Å². The van der Waals surface area contributed by atoms with Gasteiger partial charge >= 0.3 is 6.09 Å². The van der Waals surface area contributed by atoms with Gasteiger partial charge in [0.05, 0.1) is 6.61 Å². The second-order valence-corrected chi connectivity index (χ2v) is 6.48. The first kappa shape index (κ1) is 18.8. The number of aromatic amines is 1. The van der Waals surface area contributed by atoms with Gasteiger partial charge in [-0.2, -0.15) is 0 Å². The summed E-state index contributed by atoms with van der Waals surface area (Å²) in [5, 5.41) is 3.68. The van der Waals surface area contributed by atoms with E-state index >= 15 is 0 Å². The zero-order valence-corrected chi connectivity index (χ0v) is 15.5. The fourth-order valence-corrected chi connectivity index (χ4v) is 3.13. The molecule has 2 heterocycles. The molecule has 0 bridgehead atoms. The van der Waals surface area contributed by atoms with Crippen LogP contribution in [0.1, 0.15) is 24.3 Å². The minimum atomic E-state index is -0.655. The number of rotatable bonds is 4. The van der Waals surface area contributed by atoms with Gasteiger partial charge in [0, 0.05) is 37.1 Å². The Kier molecular flexibility index (Phi) is 5.63. The summed E-state index contributed by atoms with van der Waals surface area (Å²) in [5.74, 6) is -0.486. The highest BCUT2D eigenvalue weighted by Crippen LogP contribution is 2.14. The SMILES string of the molecule is CCOC(=O)N1CCN(C(=O)C(C)NC(=O)c2cc3ccccc3[nH]2)CC1. The molecule has 3 amide bonds. The Morgan fingerprint density at radius 2 is 1.81 bits per heavy atom. The lowest BCUT2D eigenvalue weighted by molar-refractivity contribution is -0.134. The number of H-pyrrole nitrogens is 1. The highest BCUT2D eigenvalue weighted by molar-refractivity contribution is 6.00. The van der Waals surface area contributed by atoms with Crippen molar-refractivity contribution in [1.82, 2.24) is 20.1 Å². The van der Waals surface area contributed by atoms with E-state index in [1.165, 1.54) is 0 Å². The molecule has 0 aliphatic carbocycles. The molecule has 2 N–H and O–H groups in total. The van der Waals surface area contributed by atoms with Gasteiger partial charge in [-0.15, -0.1) is 0 Å². The molecule has 1 aromatic carbocycles. The summed E-state index contributed by atoms with van der Waals surface area (Å²) < 4.78 is 4.97. The van der Waals surface area contributed by atoms with Crippen LogP contribution in [-0.2, 0) is 9.53 Å². The van der Waals surface area contributed by atoms with Crippen molar-refractivity contribution in [3.63, 3.8) is 0 Å². The first-order chi connectivity index (χ1) is 13.0. The topological polar surface area (TPSA) is 94.7 Å². The molecule has 1 aromatic heterocycles. The van der Waals surface area contributed by atoms with Crippen LogP contribution in [0.15, 0.2) is 30.3 Å². The molecule has 1 aliphatic rings. The molecule has 0 saturated carbocycles. The molecular formula is C19H24N4O4. The minimum absolute atomic E-state index is 0.164. The monoisotopic (exact) mass is 372 g/mol. The van der Waals surface area contributed by atoms with E-state index in [9.17, 15) is 14.4 Å². The first-order valence-corrected chi connectivity index (χ1v) is 9.08. The van der Waals surface area contributed by atoms with Crippen LogP contribution in [0.3, 0.4) is 0 Å². The number of piperazine rings is 1. The van der Waals surface area contributed by atoms with Crippen molar-refractivity contribution in [1.29, 1.82) is 0 Å². The molecule has 27 heavy (non-hydrogen) atoms. The fourth-order valence-electron chi connectivity index (χ4n) is 3.13. The number of para-hydroxylation sites is 1. The van der Waals surface area contributed by atoms with Crippen LogP contribution >= 0.6 is 0 Å². The highest BCUT2D eigenvalue weighted by Gasteiger charge is 2.28. The predicted octanol–water partition coefficient (Wildman–Crippen LogP) is 1.59. The Balaban J connectivity index is 1.54. The van der Waals surface area contributed by atoms with Gasteiger partial charge in [-0.05, 0) is 26.0 Å². The highest BCUT2D eigenvalue weighted by atomic mass is 16.6. The Morgan fingerprint density at radius 1 is 1.15 bits per heavy atom. The number of nitrogens with zero attached hydrogens (tertiary/aromatic N) is 2. The summed E-state index contributed by atoms with van der Waals surface area (Å²) in [6, 6.07) is 8.71. The number of carbonyl (C=O) groups is 3. The number of aromatic nitrogens is 1. The largest absolute Gasteiger partial charge is 0.450 e. The average molecular weight is 372 g/mol. The lowest BCUT2D eigenvalue weighted by atomic mass is 10.2. The average Bonchev–Trinajstić information content (AvgIpc) is 3.12. The first-order valence-electron chi connectivity index (χ1n) is 9.08. The zero-order valence-electron chi connectivity index (χ0n) is 15.5. The molecular weight excluding hydrogens is 348 g/mol. The van der Waals surface area contributed by atoms with E-state index in [1.54, 1.807) is 29.7 Å². The normalized spacial score (nSPS) is 15.5. The summed E-state index contributed by atoms with van der Waals surface area (Å²) in [6.45, 7) is 5.44. The Morgan fingerprint density at radius 3 is 2.48 bits per heavy atom. The van der Waals surface area contributed by atoms with Crippen LogP contribution in [0.2, 0.25) is 0 Å². The van der Waals surface area contributed by atoms with Gasteiger partial charge in [0.25, 0.3) is 5.91 Å². The molecule has 1 atom stereocenters. The number of hydrogen-bond donors (Lipinski definition) is 2. The second kappa shape index (κ2) is 8.11. The smallest absolute Gasteiger partial charge is 0.409 e. The van der Waals surface area contributed by atoms with Crippen LogP contribution in [0.5, 0.6) is 0 Å². The molecule has 1 fully saturated rings. The van der Waals surface area contributed by atoms with Crippen molar-refractivity contribution in [2.45, 2.75) is 19.9 Å². The molecule has 1 aliphatic heterocycles. The third-order valence-corrected chi connectivity index (χ3v) is 4.61. The van der Waals surface area contributed by atoms with Crippen LogP contribution in [0, 0.1) is 0 Å². The third-order valence-electron chi connectivity index (χ3n) is 4.61. The van der Waals surface area contributed by atoms with E-state index < -0.39 is 6.04 Å².